The number of nitrogens with two attached hydrogens (primary N) is 2. The predicted molar refractivity (Wildman–Crippen MR) is 239 cm³/mol. The number of amides is 9. The number of aliphatic carboxylic acids is 1. The van der Waals surface area contributed by atoms with E-state index in [1.807, 2.05) is 0 Å². The van der Waals surface area contributed by atoms with E-state index in [-0.39, 0.29) is 31.1 Å². The van der Waals surface area contributed by atoms with Crippen LogP contribution in [0.15, 0.2) is 30.3 Å². The first-order chi connectivity index (χ1) is 30.8. The molecular weight excluding hydrogens is 865 g/mol. The molecule has 0 saturated carbocycles. The highest BCUT2D eigenvalue weighted by atomic mass is 16.4. The van der Waals surface area contributed by atoms with Gasteiger partial charge >= 0.3 is 5.97 Å². The molecule has 370 valence electrons. The maximum atomic E-state index is 14.0. The summed E-state index contributed by atoms with van der Waals surface area (Å²) in [6, 6.07) is -3.97. The molecule has 0 aliphatic carbocycles. The molecule has 15 N–H and O–H groups in total. The second-order valence-corrected chi connectivity index (χ2v) is 17.1. The summed E-state index contributed by atoms with van der Waals surface area (Å²) in [4.78, 5) is 131. The number of hydrogen-bond donors (Lipinski definition) is 13. The predicted octanol–water partition coefficient (Wildman–Crippen LogP) is -3.44. The van der Waals surface area contributed by atoms with E-state index in [0.717, 1.165) is 0 Å². The molecule has 23 nitrogen and oxygen atoms in total. The van der Waals surface area contributed by atoms with Crippen LogP contribution < -0.4 is 54.0 Å². The lowest BCUT2D eigenvalue weighted by Gasteiger charge is -2.29. The number of carbonyl (C=O) groups excluding carboxylic acids is 9. The van der Waals surface area contributed by atoms with Gasteiger partial charge in [0.25, 0.3) is 0 Å². The summed E-state index contributed by atoms with van der Waals surface area (Å²) in [5.41, 5.74) is 11.5. The van der Waals surface area contributed by atoms with Crippen LogP contribution in [-0.2, 0) is 54.4 Å². The standard InChI is InChI=1S/C43H70N10O13/c1-9-23(6)34(53-36(58)25(8)47-41(63)32(20-55)52-35(57)24(7)46-37(59)27(44)19-54)42(64)50-30(18-33(45)56)40(62)49-29(17-26-13-11-10-12-14-26)39(61)48-28(15-21(2)3)38(60)51-31(43(65)66)16-22(4)5/h10-14,21-25,27-32,34,54-55H,9,15-20,44H2,1-8H3,(H2,45,56)(H,46,59)(H,47,63)(H,48,61)(H,49,62)(H,50,64)(H,51,60)(H,52,57)(H,53,58)(H,65,66)/t23-,24-,25-,27-,28-,29-,30-,31-,32-,34-/m0/s1. The van der Waals surface area contributed by atoms with E-state index in [1.165, 1.54) is 13.8 Å². The minimum absolute atomic E-state index is 0.0799. The number of carboxylic acid groups (broad SMARTS) is 1. The lowest BCUT2D eigenvalue weighted by Crippen LogP contribution is -2.61. The Labute approximate surface area is 384 Å². The Morgan fingerprint density at radius 3 is 1.47 bits per heavy atom. The molecule has 23 heteroatoms. The zero-order valence-corrected chi connectivity index (χ0v) is 38.8. The molecule has 0 fully saturated rings. The van der Waals surface area contributed by atoms with Crippen LogP contribution in [0, 0.1) is 17.8 Å². The molecule has 0 saturated heterocycles. The van der Waals surface area contributed by atoms with Crippen molar-refractivity contribution in [1.82, 2.24) is 42.5 Å². The van der Waals surface area contributed by atoms with E-state index in [0.29, 0.717) is 12.0 Å². The molecule has 10 atom stereocenters. The molecule has 66 heavy (non-hydrogen) atoms. The summed E-state index contributed by atoms with van der Waals surface area (Å²) in [6.45, 7) is 11.4. The number of carboxylic acids is 1. The van der Waals surface area contributed by atoms with Crippen molar-refractivity contribution in [3.8, 4) is 0 Å². The minimum atomic E-state index is -1.69. The highest BCUT2D eigenvalue weighted by Crippen LogP contribution is 2.13. The molecule has 0 radical (unpaired) electrons. The lowest BCUT2D eigenvalue weighted by molar-refractivity contribution is -0.143. The number of aliphatic hydroxyl groups is 2. The van der Waals surface area contributed by atoms with E-state index in [9.17, 15) is 58.2 Å². The van der Waals surface area contributed by atoms with E-state index in [1.54, 1.807) is 71.9 Å². The Balaban J connectivity index is 3.33. The van der Waals surface area contributed by atoms with Gasteiger partial charge in [-0.3, -0.25) is 43.2 Å². The molecule has 0 aliphatic rings. The average Bonchev–Trinajstić information content (AvgIpc) is 3.24. The van der Waals surface area contributed by atoms with E-state index in [2.05, 4.69) is 42.5 Å². The summed E-state index contributed by atoms with van der Waals surface area (Å²) in [5.74, 6) is -10.3. The molecule has 0 heterocycles. The van der Waals surface area contributed by atoms with Crippen molar-refractivity contribution in [3.63, 3.8) is 0 Å². The third-order valence-corrected chi connectivity index (χ3v) is 10.3. The lowest BCUT2D eigenvalue weighted by atomic mass is 9.97. The Kier molecular flexibility index (Phi) is 25.1. The molecule has 9 amide bonds. The summed E-state index contributed by atoms with van der Waals surface area (Å²) < 4.78 is 0. The first-order valence-electron chi connectivity index (χ1n) is 21.8. The number of nitrogens with one attached hydrogen (secondary N) is 8. The van der Waals surface area contributed by atoms with Gasteiger partial charge in [-0.2, -0.15) is 0 Å². The molecular formula is C43H70N10O13. The third kappa shape index (κ3) is 20.3. The SMILES string of the molecule is CC[C@H](C)[C@H](NC(=O)[C@H](C)NC(=O)[C@H](CO)NC(=O)[C@H](C)NC(=O)[C@@H](N)CO)C(=O)N[C@@H](CC(N)=O)C(=O)N[C@@H](Cc1ccccc1)C(=O)N[C@@H](CC(C)C)C(=O)N[C@@H](CC(C)C)C(=O)O. The van der Waals surface area contributed by atoms with Crippen LogP contribution in [0.2, 0.25) is 0 Å². The molecule has 1 aromatic rings. The Bertz CT molecular complexity index is 1830. The number of carbonyl (C=O) groups is 10. The van der Waals surface area contributed by atoms with Gasteiger partial charge in [0.15, 0.2) is 0 Å². The monoisotopic (exact) mass is 935 g/mol. The minimum Gasteiger partial charge on any atom is -0.480 e. The van der Waals surface area contributed by atoms with Crippen molar-refractivity contribution in [2.45, 2.75) is 142 Å². The fourth-order valence-corrected chi connectivity index (χ4v) is 6.26. The highest BCUT2D eigenvalue weighted by molar-refractivity contribution is 5.99. The maximum absolute atomic E-state index is 14.0. The molecule has 1 aromatic carbocycles. The Hall–Kier alpha value is -6.20. The third-order valence-electron chi connectivity index (χ3n) is 10.3. The van der Waals surface area contributed by atoms with Gasteiger partial charge in [-0.05, 0) is 50.0 Å². The van der Waals surface area contributed by atoms with E-state index < -0.39 is 139 Å². The smallest absolute Gasteiger partial charge is 0.326 e. The summed E-state index contributed by atoms with van der Waals surface area (Å²) >= 11 is 0. The van der Waals surface area contributed by atoms with Gasteiger partial charge in [-0.15, -0.1) is 0 Å². The molecule has 0 bridgehead atoms. The number of aliphatic hydroxyl groups excluding tert-OH is 2. The molecule has 1 rings (SSSR count). The van der Waals surface area contributed by atoms with Crippen LogP contribution in [0.5, 0.6) is 0 Å². The van der Waals surface area contributed by atoms with Crippen LogP contribution in [0.25, 0.3) is 0 Å². The fourth-order valence-electron chi connectivity index (χ4n) is 6.26. The van der Waals surface area contributed by atoms with E-state index in [4.69, 9.17) is 16.6 Å². The van der Waals surface area contributed by atoms with Crippen LogP contribution >= 0.6 is 0 Å². The van der Waals surface area contributed by atoms with Crippen LogP contribution in [-0.4, -0.2) is 142 Å². The highest BCUT2D eigenvalue weighted by Gasteiger charge is 2.36. The zero-order chi connectivity index (χ0) is 50.4. The fraction of sp³-hybridized carbons (Fsp3) is 0.628. The first kappa shape index (κ1) is 57.8. The summed E-state index contributed by atoms with van der Waals surface area (Å²) in [5, 5.41) is 48.0. The molecule has 0 aliphatic heterocycles. The van der Waals surface area contributed by atoms with Gasteiger partial charge in [-0.1, -0.05) is 78.3 Å². The van der Waals surface area contributed by atoms with Crippen molar-refractivity contribution in [2.24, 2.45) is 29.2 Å². The number of hydrogen-bond acceptors (Lipinski definition) is 13. The van der Waals surface area contributed by atoms with Crippen LogP contribution in [0.4, 0.5) is 0 Å². The quantitative estimate of drug-likeness (QED) is 0.0372. The van der Waals surface area contributed by atoms with Gasteiger partial charge in [0, 0.05) is 6.42 Å². The summed E-state index contributed by atoms with van der Waals surface area (Å²) in [7, 11) is 0. The zero-order valence-electron chi connectivity index (χ0n) is 38.8. The van der Waals surface area contributed by atoms with Gasteiger partial charge in [-0.25, -0.2) is 4.79 Å². The molecule has 0 aromatic heterocycles. The van der Waals surface area contributed by atoms with Crippen LogP contribution in [0.3, 0.4) is 0 Å². The number of benzene rings is 1. The normalized spacial score (nSPS) is 15.7. The maximum Gasteiger partial charge on any atom is 0.326 e. The summed E-state index contributed by atoms with van der Waals surface area (Å²) in [6.07, 6.45) is -0.343. The van der Waals surface area contributed by atoms with Gasteiger partial charge < -0.3 is 69.3 Å². The Morgan fingerprint density at radius 1 is 0.530 bits per heavy atom. The topological polar surface area (TPSA) is 380 Å². The largest absolute Gasteiger partial charge is 0.480 e. The van der Waals surface area contributed by atoms with Crippen molar-refractivity contribution < 1.29 is 63.3 Å². The van der Waals surface area contributed by atoms with Crippen molar-refractivity contribution in [2.75, 3.05) is 13.2 Å². The second-order valence-electron chi connectivity index (χ2n) is 17.1. The van der Waals surface area contributed by atoms with Gasteiger partial charge in [0.2, 0.25) is 53.2 Å². The number of rotatable bonds is 29. The van der Waals surface area contributed by atoms with Crippen LogP contribution in [0.1, 0.15) is 86.6 Å². The molecule has 0 spiro atoms. The molecule has 0 unspecified atom stereocenters. The van der Waals surface area contributed by atoms with Crippen molar-refractivity contribution >= 4 is 59.1 Å². The van der Waals surface area contributed by atoms with Crippen molar-refractivity contribution in [3.05, 3.63) is 35.9 Å². The first-order valence-corrected chi connectivity index (χ1v) is 21.8. The average molecular weight is 935 g/mol. The van der Waals surface area contributed by atoms with E-state index >= 15 is 0 Å². The second kappa shape index (κ2) is 28.7. The van der Waals surface area contributed by atoms with Crippen molar-refractivity contribution in [1.29, 1.82) is 0 Å². The van der Waals surface area contributed by atoms with Gasteiger partial charge in [0.1, 0.15) is 54.4 Å². The Morgan fingerprint density at radius 2 is 0.970 bits per heavy atom. The van der Waals surface area contributed by atoms with Gasteiger partial charge in [0.05, 0.1) is 19.6 Å². The number of primary amides is 1.